The summed E-state index contributed by atoms with van der Waals surface area (Å²) in [5.41, 5.74) is 1.43. The van der Waals surface area contributed by atoms with E-state index in [1.165, 1.54) is 11.3 Å². The molecular weight excluding hydrogens is 354 g/mol. The minimum Gasteiger partial charge on any atom is -0.257 e. The minimum absolute atomic E-state index is 0.215. The van der Waals surface area contributed by atoms with Gasteiger partial charge < -0.3 is 0 Å². The van der Waals surface area contributed by atoms with Gasteiger partial charge in [0, 0.05) is 10.6 Å². The predicted octanol–water partition coefficient (Wildman–Crippen LogP) is 3.80. The summed E-state index contributed by atoms with van der Waals surface area (Å²) in [6.45, 7) is 0. The maximum Gasteiger partial charge on any atom is 0.238 e. The molecule has 0 aliphatic rings. The third-order valence-electron chi connectivity index (χ3n) is 2.99. The molecule has 8 heteroatoms. The Kier molecular flexibility index (Phi) is 4.61. The predicted molar refractivity (Wildman–Crippen MR) is 93.0 cm³/mol. The van der Waals surface area contributed by atoms with Crippen LogP contribution >= 0.6 is 22.9 Å². The van der Waals surface area contributed by atoms with Crippen LogP contribution < -0.4 is 4.72 Å². The van der Waals surface area contributed by atoms with Crippen molar-refractivity contribution in [3.05, 3.63) is 65.2 Å². The number of anilines is 1. The molecule has 0 radical (unpaired) electrons. The number of rotatable bonds is 5. The van der Waals surface area contributed by atoms with Gasteiger partial charge in [-0.1, -0.05) is 71.5 Å². The molecule has 2 aromatic carbocycles. The number of sulfonamides is 1. The van der Waals surface area contributed by atoms with Crippen LogP contribution in [0, 0.1) is 0 Å². The summed E-state index contributed by atoms with van der Waals surface area (Å²) in [4.78, 5) is 0. The molecule has 0 aliphatic carbocycles. The number of nitrogens with zero attached hydrogens (tertiary/aromatic N) is 2. The number of aromatic nitrogens is 2. The highest BCUT2D eigenvalue weighted by Crippen LogP contribution is 2.27. The van der Waals surface area contributed by atoms with Crippen LogP contribution in [0.3, 0.4) is 0 Å². The zero-order valence-electron chi connectivity index (χ0n) is 11.8. The number of benzene rings is 2. The van der Waals surface area contributed by atoms with Crippen molar-refractivity contribution in [1.29, 1.82) is 0 Å². The van der Waals surface area contributed by atoms with Gasteiger partial charge in [0.25, 0.3) is 0 Å². The molecule has 3 rings (SSSR count). The van der Waals surface area contributed by atoms with Crippen molar-refractivity contribution in [1.82, 2.24) is 10.2 Å². The Balaban J connectivity index is 1.77. The Bertz CT molecular complexity index is 911. The van der Waals surface area contributed by atoms with E-state index < -0.39 is 10.0 Å². The molecule has 118 valence electrons. The summed E-state index contributed by atoms with van der Waals surface area (Å²) in [7, 11) is -3.61. The van der Waals surface area contributed by atoms with Crippen LogP contribution in [0.2, 0.25) is 5.02 Å². The van der Waals surface area contributed by atoms with Crippen molar-refractivity contribution < 1.29 is 8.42 Å². The zero-order chi connectivity index (χ0) is 16.3. The molecule has 1 N–H and O–H groups in total. The lowest BCUT2D eigenvalue weighted by molar-refractivity contribution is 0.600. The highest BCUT2D eigenvalue weighted by molar-refractivity contribution is 7.92. The van der Waals surface area contributed by atoms with Crippen LogP contribution in [0.15, 0.2) is 54.6 Å². The molecule has 0 amide bonds. The van der Waals surface area contributed by atoms with Gasteiger partial charge in [-0.05, 0) is 11.6 Å². The Hall–Kier alpha value is -1.96. The third kappa shape index (κ3) is 4.07. The molecule has 3 aromatic rings. The van der Waals surface area contributed by atoms with Gasteiger partial charge in [-0.25, -0.2) is 8.42 Å². The van der Waals surface area contributed by atoms with E-state index in [1.807, 2.05) is 30.3 Å². The van der Waals surface area contributed by atoms with E-state index in [-0.39, 0.29) is 10.9 Å². The van der Waals surface area contributed by atoms with Gasteiger partial charge in [-0.15, -0.1) is 10.2 Å². The Morgan fingerprint density at radius 3 is 2.43 bits per heavy atom. The molecule has 0 fully saturated rings. The van der Waals surface area contributed by atoms with Gasteiger partial charge in [0.1, 0.15) is 5.01 Å². The average molecular weight is 366 g/mol. The summed E-state index contributed by atoms with van der Waals surface area (Å²) in [6.07, 6.45) is 0. The topological polar surface area (TPSA) is 72.0 Å². The van der Waals surface area contributed by atoms with Crippen molar-refractivity contribution >= 4 is 38.1 Å². The van der Waals surface area contributed by atoms with E-state index >= 15 is 0 Å². The first-order valence-corrected chi connectivity index (χ1v) is 9.51. The van der Waals surface area contributed by atoms with E-state index in [1.54, 1.807) is 24.3 Å². The fraction of sp³-hybridized carbons (Fsp3) is 0.0667. The average Bonchev–Trinajstić information content (AvgIpc) is 2.98. The summed E-state index contributed by atoms with van der Waals surface area (Å²) in [6, 6.07) is 16.3. The van der Waals surface area contributed by atoms with Crippen molar-refractivity contribution in [2.24, 2.45) is 0 Å². The van der Waals surface area contributed by atoms with Crippen LogP contribution in [0.5, 0.6) is 0 Å². The van der Waals surface area contributed by atoms with Gasteiger partial charge >= 0.3 is 0 Å². The first-order chi connectivity index (χ1) is 11.0. The lowest BCUT2D eigenvalue weighted by atomic mass is 10.2. The van der Waals surface area contributed by atoms with Crippen molar-refractivity contribution in [3.63, 3.8) is 0 Å². The van der Waals surface area contributed by atoms with Crippen LogP contribution in [-0.4, -0.2) is 18.6 Å². The smallest absolute Gasteiger partial charge is 0.238 e. The molecule has 0 saturated carbocycles. The zero-order valence-corrected chi connectivity index (χ0v) is 14.2. The molecule has 0 atom stereocenters. The number of hydrogen-bond donors (Lipinski definition) is 1. The first kappa shape index (κ1) is 15.9. The summed E-state index contributed by atoms with van der Waals surface area (Å²) >= 11 is 7.18. The lowest BCUT2D eigenvalue weighted by Gasteiger charge is -2.06. The fourth-order valence-electron chi connectivity index (χ4n) is 1.95. The molecule has 23 heavy (non-hydrogen) atoms. The quantitative estimate of drug-likeness (QED) is 0.746. The Morgan fingerprint density at radius 1 is 1.00 bits per heavy atom. The first-order valence-electron chi connectivity index (χ1n) is 6.66. The Labute approximate surface area is 143 Å². The van der Waals surface area contributed by atoms with E-state index in [2.05, 4.69) is 14.9 Å². The monoisotopic (exact) mass is 365 g/mol. The van der Waals surface area contributed by atoms with Gasteiger partial charge in [-0.2, -0.15) is 0 Å². The largest absolute Gasteiger partial charge is 0.257 e. The SMILES string of the molecule is O=S(=O)(Cc1ccccc1Cl)Nc1nnc(-c2ccccc2)s1. The van der Waals surface area contributed by atoms with Gasteiger partial charge in [0.2, 0.25) is 15.2 Å². The van der Waals surface area contributed by atoms with E-state index in [9.17, 15) is 8.42 Å². The fourth-order valence-corrected chi connectivity index (χ4v) is 4.42. The van der Waals surface area contributed by atoms with Crippen LogP contribution in [0.4, 0.5) is 5.13 Å². The molecular formula is C15H12ClN3O2S2. The summed E-state index contributed by atoms with van der Waals surface area (Å²) in [5, 5.41) is 9.20. The number of hydrogen-bond acceptors (Lipinski definition) is 5. The number of halogens is 1. The number of nitrogens with one attached hydrogen (secondary N) is 1. The molecule has 0 aliphatic heterocycles. The molecule has 0 spiro atoms. The van der Waals surface area contributed by atoms with Gasteiger partial charge in [0.05, 0.1) is 5.75 Å². The Morgan fingerprint density at radius 2 is 1.70 bits per heavy atom. The van der Waals surface area contributed by atoms with E-state index in [0.29, 0.717) is 15.6 Å². The van der Waals surface area contributed by atoms with Crippen molar-refractivity contribution in [3.8, 4) is 10.6 Å². The summed E-state index contributed by atoms with van der Waals surface area (Å²) < 4.78 is 26.9. The second-order valence-electron chi connectivity index (χ2n) is 4.73. The highest BCUT2D eigenvalue weighted by Gasteiger charge is 2.16. The van der Waals surface area contributed by atoms with Crippen LogP contribution in [0.25, 0.3) is 10.6 Å². The van der Waals surface area contributed by atoms with Crippen molar-refractivity contribution in [2.75, 3.05) is 4.72 Å². The normalized spacial score (nSPS) is 11.3. The standard InChI is InChI=1S/C15H12ClN3O2S2/c16-13-9-5-4-8-12(13)10-23(20,21)19-15-18-17-14(22-15)11-6-2-1-3-7-11/h1-9H,10H2,(H,18,19). The lowest BCUT2D eigenvalue weighted by Crippen LogP contribution is -2.15. The van der Waals surface area contributed by atoms with Crippen LogP contribution in [0.1, 0.15) is 5.56 Å². The summed E-state index contributed by atoms with van der Waals surface area (Å²) in [5.74, 6) is -0.215. The van der Waals surface area contributed by atoms with Crippen LogP contribution in [-0.2, 0) is 15.8 Å². The maximum absolute atomic E-state index is 12.2. The molecule has 1 heterocycles. The van der Waals surface area contributed by atoms with Gasteiger partial charge in [0.15, 0.2) is 0 Å². The van der Waals surface area contributed by atoms with E-state index in [0.717, 1.165) is 5.56 Å². The third-order valence-corrected chi connectivity index (χ3v) is 5.57. The second-order valence-corrected chi connectivity index (χ2v) is 7.84. The molecule has 5 nitrogen and oxygen atoms in total. The van der Waals surface area contributed by atoms with E-state index in [4.69, 9.17) is 11.6 Å². The second kappa shape index (κ2) is 6.66. The maximum atomic E-state index is 12.2. The highest BCUT2D eigenvalue weighted by atomic mass is 35.5. The molecule has 0 unspecified atom stereocenters. The molecule has 1 aromatic heterocycles. The molecule has 0 saturated heterocycles. The van der Waals surface area contributed by atoms with Crippen molar-refractivity contribution in [2.45, 2.75) is 5.75 Å². The molecule has 0 bridgehead atoms. The van der Waals surface area contributed by atoms with Gasteiger partial charge in [-0.3, -0.25) is 4.72 Å². The minimum atomic E-state index is -3.61.